The van der Waals surface area contributed by atoms with Gasteiger partial charge in [0.25, 0.3) is 0 Å². The molecule has 0 spiro atoms. The van der Waals surface area contributed by atoms with Crippen LogP contribution in [0.5, 0.6) is 0 Å². The number of unbranched alkanes of at least 4 members (excludes halogenated alkanes) is 1. The highest BCUT2D eigenvalue weighted by Gasteiger charge is 2.24. The molecule has 2 saturated carbocycles. The molecule has 0 bridgehead atoms. The summed E-state index contributed by atoms with van der Waals surface area (Å²) < 4.78 is 0. The summed E-state index contributed by atoms with van der Waals surface area (Å²) in [6, 6.07) is 19.2. The zero-order valence-electron chi connectivity index (χ0n) is 22.4. The van der Waals surface area contributed by atoms with E-state index in [9.17, 15) is 0 Å². The van der Waals surface area contributed by atoms with Gasteiger partial charge in [0.1, 0.15) is 0 Å². The maximum Gasteiger partial charge on any atom is -0.0162 e. The van der Waals surface area contributed by atoms with Gasteiger partial charge < -0.3 is 0 Å². The average Bonchev–Trinajstić information content (AvgIpc) is 2.91. The number of hydrogen-bond acceptors (Lipinski definition) is 0. The summed E-state index contributed by atoms with van der Waals surface area (Å²) >= 11 is 0. The van der Waals surface area contributed by atoms with Crippen LogP contribution in [-0.4, -0.2) is 0 Å². The van der Waals surface area contributed by atoms with E-state index in [1.165, 1.54) is 101 Å². The first-order valence-corrected chi connectivity index (χ1v) is 14.9. The molecule has 34 heavy (non-hydrogen) atoms. The van der Waals surface area contributed by atoms with Crippen molar-refractivity contribution in [1.82, 2.24) is 0 Å². The maximum atomic E-state index is 2.43. The zero-order chi connectivity index (χ0) is 23.8. The molecule has 2 aromatic rings. The van der Waals surface area contributed by atoms with Crippen molar-refractivity contribution in [2.75, 3.05) is 0 Å². The van der Waals surface area contributed by atoms with E-state index in [1.807, 2.05) is 0 Å². The lowest BCUT2D eigenvalue weighted by molar-refractivity contribution is 0.256. The Hall–Kier alpha value is -1.56. The fraction of sp³-hybridized carbons (Fsp3) is 0.647. The number of rotatable bonds is 10. The molecule has 2 aromatic carbocycles. The molecule has 0 amide bonds. The van der Waals surface area contributed by atoms with E-state index in [4.69, 9.17) is 0 Å². The van der Waals surface area contributed by atoms with E-state index in [1.54, 1.807) is 11.1 Å². The molecule has 0 N–H and O–H groups in total. The minimum absolute atomic E-state index is 0.779. The summed E-state index contributed by atoms with van der Waals surface area (Å²) in [5, 5.41) is 0. The van der Waals surface area contributed by atoms with Gasteiger partial charge in [0.15, 0.2) is 0 Å². The second kappa shape index (κ2) is 12.9. The lowest BCUT2D eigenvalue weighted by Crippen LogP contribution is -2.16. The molecule has 0 heterocycles. The molecule has 1 unspecified atom stereocenters. The third-order valence-corrected chi connectivity index (χ3v) is 9.58. The van der Waals surface area contributed by atoms with Crippen LogP contribution in [0.2, 0.25) is 0 Å². The van der Waals surface area contributed by atoms with Crippen molar-refractivity contribution in [3.63, 3.8) is 0 Å². The highest BCUT2D eigenvalue weighted by Crippen LogP contribution is 2.40. The monoisotopic (exact) mass is 458 g/mol. The topological polar surface area (TPSA) is 0 Å². The normalized spacial score (nSPS) is 26.3. The molecule has 186 valence electrons. The van der Waals surface area contributed by atoms with Crippen LogP contribution in [0.3, 0.4) is 0 Å². The molecule has 4 rings (SSSR count). The summed E-state index contributed by atoms with van der Waals surface area (Å²) in [5.41, 5.74) is 5.88. The number of benzene rings is 2. The molecule has 0 saturated heterocycles. The van der Waals surface area contributed by atoms with Crippen molar-refractivity contribution in [3.05, 3.63) is 59.7 Å². The molecule has 2 fully saturated rings. The van der Waals surface area contributed by atoms with E-state index in [0.29, 0.717) is 0 Å². The lowest BCUT2D eigenvalue weighted by Gasteiger charge is -2.31. The van der Waals surface area contributed by atoms with Crippen molar-refractivity contribution in [2.24, 2.45) is 17.8 Å². The van der Waals surface area contributed by atoms with Crippen molar-refractivity contribution in [2.45, 2.75) is 122 Å². The van der Waals surface area contributed by atoms with Gasteiger partial charge in [-0.2, -0.15) is 0 Å². The van der Waals surface area contributed by atoms with Gasteiger partial charge in [-0.05, 0) is 110 Å². The first-order valence-electron chi connectivity index (χ1n) is 14.9. The molecule has 0 radical (unpaired) electrons. The third kappa shape index (κ3) is 6.77. The van der Waals surface area contributed by atoms with Gasteiger partial charge in [-0.1, -0.05) is 101 Å². The molecule has 2 aliphatic rings. The molecular formula is C34H50. The standard InChI is InChI=1S/C34H50/c1-4-7-8-27(6-3)25-28-11-15-30(16-12-28)32-19-23-34(24-20-32)33-21-17-31(18-22-33)29-13-9-26(5-2)10-14-29/h17-24,26-30H,4-16,25H2,1-3H3. The lowest BCUT2D eigenvalue weighted by atomic mass is 9.74. The molecule has 2 aliphatic carbocycles. The summed E-state index contributed by atoms with van der Waals surface area (Å²) in [5.74, 6) is 4.49. The predicted molar refractivity (Wildman–Crippen MR) is 149 cm³/mol. The summed E-state index contributed by atoms with van der Waals surface area (Å²) in [6.45, 7) is 7.09. The third-order valence-electron chi connectivity index (χ3n) is 9.58. The second-order valence-electron chi connectivity index (χ2n) is 11.7. The van der Waals surface area contributed by atoms with Crippen LogP contribution in [0.15, 0.2) is 48.5 Å². The van der Waals surface area contributed by atoms with E-state index < -0.39 is 0 Å². The van der Waals surface area contributed by atoms with Gasteiger partial charge >= 0.3 is 0 Å². The molecule has 0 aliphatic heterocycles. The van der Waals surface area contributed by atoms with Crippen molar-refractivity contribution in [3.8, 4) is 11.1 Å². The Balaban J connectivity index is 1.28. The Kier molecular flexibility index (Phi) is 9.72. The van der Waals surface area contributed by atoms with Crippen molar-refractivity contribution in [1.29, 1.82) is 0 Å². The Morgan fingerprint density at radius 3 is 1.50 bits per heavy atom. The highest BCUT2D eigenvalue weighted by molar-refractivity contribution is 5.64. The highest BCUT2D eigenvalue weighted by atomic mass is 14.3. The van der Waals surface area contributed by atoms with Crippen LogP contribution >= 0.6 is 0 Å². The zero-order valence-corrected chi connectivity index (χ0v) is 22.4. The summed E-state index contributed by atoms with van der Waals surface area (Å²) in [4.78, 5) is 0. The fourth-order valence-electron chi connectivity index (χ4n) is 6.98. The van der Waals surface area contributed by atoms with Crippen molar-refractivity contribution < 1.29 is 0 Å². The maximum absolute atomic E-state index is 2.43. The first-order chi connectivity index (χ1) is 16.7. The van der Waals surface area contributed by atoms with Crippen LogP contribution in [0.25, 0.3) is 11.1 Å². The van der Waals surface area contributed by atoms with Crippen LogP contribution in [0.4, 0.5) is 0 Å². The molecule has 0 heteroatoms. The van der Waals surface area contributed by atoms with E-state index in [0.717, 1.165) is 29.6 Å². The van der Waals surface area contributed by atoms with Gasteiger partial charge in [-0.3, -0.25) is 0 Å². The van der Waals surface area contributed by atoms with Gasteiger partial charge in [0.05, 0.1) is 0 Å². The second-order valence-corrected chi connectivity index (χ2v) is 11.7. The van der Waals surface area contributed by atoms with E-state index in [2.05, 4.69) is 69.3 Å². The molecule has 1 atom stereocenters. The Bertz CT molecular complexity index is 813. The average molecular weight is 459 g/mol. The quantitative estimate of drug-likeness (QED) is 0.332. The van der Waals surface area contributed by atoms with Gasteiger partial charge in [-0.25, -0.2) is 0 Å². The van der Waals surface area contributed by atoms with Gasteiger partial charge in [0.2, 0.25) is 0 Å². The van der Waals surface area contributed by atoms with Crippen LogP contribution < -0.4 is 0 Å². The Morgan fingerprint density at radius 1 is 0.618 bits per heavy atom. The van der Waals surface area contributed by atoms with E-state index in [-0.39, 0.29) is 0 Å². The smallest absolute Gasteiger partial charge is 0.0162 e. The minimum Gasteiger partial charge on any atom is -0.0654 e. The fourth-order valence-corrected chi connectivity index (χ4v) is 6.98. The predicted octanol–water partition coefficient (Wildman–Crippen LogP) is 10.9. The van der Waals surface area contributed by atoms with Gasteiger partial charge in [0, 0.05) is 0 Å². The molecular weight excluding hydrogens is 408 g/mol. The van der Waals surface area contributed by atoms with Crippen LogP contribution in [-0.2, 0) is 0 Å². The SMILES string of the molecule is CCCCC(CC)CC1CCC(c2ccc(-c3ccc(C4CCC(CC)CC4)cc3)cc2)CC1. The van der Waals surface area contributed by atoms with E-state index >= 15 is 0 Å². The largest absolute Gasteiger partial charge is 0.0654 e. The first kappa shape index (κ1) is 25.5. The number of hydrogen-bond donors (Lipinski definition) is 0. The van der Waals surface area contributed by atoms with Crippen LogP contribution in [0, 0.1) is 17.8 Å². The summed E-state index contributed by atoms with van der Waals surface area (Å²) in [7, 11) is 0. The molecule has 0 nitrogen and oxygen atoms in total. The van der Waals surface area contributed by atoms with Crippen LogP contribution in [0.1, 0.15) is 134 Å². The molecule has 0 aromatic heterocycles. The minimum atomic E-state index is 0.779. The Morgan fingerprint density at radius 2 is 1.09 bits per heavy atom. The Labute approximate surface area is 211 Å². The summed E-state index contributed by atoms with van der Waals surface area (Å²) in [6.07, 6.45) is 19.7. The van der Waals surface area contributed by atoms with Gasteiger partial charge in [-0.15, -0.1) is 0 Å². The van der Waals surface area contributed by atoms with Crippen molar-refractivity contribution >= 4 is 0 Å².